The van der Waals surface area contributed by atoms with Gasteiger partial charge in [-0.15, -0.1) is 0 Å². The number of amides is 1. The zero-order chi connectivity index (χ0) is 19.7. The van der Waals surface area contributed by atoms with Gasteiger partial charge in [0.15, 0.2) is 6.61 Å². The Balaban J connectivity index is 1.41. The summed E-state index contributed by atoms with van der Waals surface area (Å²) in [6.07, 6.45) is 0.0313. The summed E-state index contributed by atoms with van der Waals surface area (Å²) in [6.45, 7) is 3.17. The lowest BCUT2D eigenvalue weighted by Crippen LogP contribution is -2.32. The van der Waals surface area contributed by atoms with E-state index in [0.29, 0.717) is 17.0 Å². The molecule has 0 radical (unpaired) electrons. The first kappa shape index (κ1) is 18.0. The van der Waals surface area contributed by atoms with Crippen LogP contribution in [0.2, 0.25) is 0 Å². The Labute approximate surface area is 162 Å². The topological polar surface area (TPSA) is 81.4 Å². The third-order valence-corrected chi connectivity index (χ3v) is 5.01. The molecule has 0 aliphatic heterocycles. The van der Waals surface area contributed by atoms with Gasteiger partial charge in [-0.3, -0.25) is 9.59 Å². The molecule has 0 saturated carbocycles. The van der Waals surface area contributed by atoms with E-state index in [0.717, 1.165) is 22.3 Å². The first-order valence-corrected chi connectivity index (χ1v) is 9.09. The Morgan fingerprint density at radius 2 is 1.64 bits per heavy atom. The number of nitrogens with zero attached hydrogens (tertiary/aromatic N) is 1. The molecule has 142 valence electrons. The number of hydrogen-bond donors (Lipinski definition) is 1. The summed E-state index contributed by atoms with van der Waals surface area (Å²) in [4.78, 5) is 24.5. The number of rotatable bonds is 5. The molecule has 1 aliphatic carbocycles. The lowest BCUT2D eigenvalue weighted by molar-refractivity contribution is -0.148. The van der Waals surface area contributed by atoms with Crippen LogP contribution in [0, 0.1) is 13.8 Å². The Kier molecular flexibility index (Phi) is 4.69. The van der Waals surface area contributed by atoms with Crippen LogP contribution in [0.25, 0.3) is 11.1 Å². The molecule has 6 nitrogen and oxygen atoms in total. The second-order valence-electron chi connectivity index (χ2n) is 6.82. The zero-order valence-electron chi connectivity index (χ0n) is 15.7. The number of carbonyl (C=O) groups excluding carboxylic acids is 2. The number of hydrogen-bond acceptors (Lipinski definition) is 5. The minimum Gasteiger partial charge on any atom is -0.455 e. The van der Waals surface area contributed by atoms with E-state index in [2.05, 4.69) is 10.5 Å². The van der Waals surface area contributed by atoms with Crippen LogP contribution in [0.5, 0.6) is 0 Å². The Bertz CT molecular complexity index is 989. The van der Waals surface area contributed by atoms with Crippen LogP contribution in [0.1, 0.15) is 34.2 Å². The SMILES string of the molecule is Cc1noc(C)c1CC(=O)OCC(=O)NC1c2ccccc2-c2ccccc21. The van der Waals surface area contributed by atoms with Crippen molar-refractivity contribution in [3.63, 3.8) is 0 Å². The van der Waals surface area contributed by atoms with Crippen molar-refractivity contribution in [3.05, 3.63) is 76.7 Å². The normalized spacial score (nSPS) is 12.4. The van der Waals surface area contributed by atoms with Gasteiger partial charge >= 0.3 is 5.97 Å². The maximum atomic E-state index is 12.4. The first-order chi connectivity index (χ1) is 13.5. The Hall–Kier alpha value is -3.41. The van der Waals surface area contributed by atoms with Crippen LogP contribution in [0.4, 0.5) is 0 Å². The highest BCUT2D eigenvalue weighted by Gasteiger charge is 2.29. The van der Waals surface area contributed by atoms with Crippen LogP contribution in [0.3, 0.4) is 0 Å². The predicted octanol–water partition coefficient (Wildman–Crippen LogP) is 3.26. The number of benzene rings is 2. The van der Waals surface area contributed by atoms with Crippen molar-refractivity contribution in [2.45, 2.75) is 26.3 Å². The average molecular weight is 376 g/mol. The molecule has 0 saturated heterocycles. The van der Waals surface area contributed by atoms with E-state index < -0.39 is 5.97 Å². The van der Waals surface area contributed by atoms with Gasteiger partial charge in [0.05, 0.1) is 18.2 Å². The van der Waals surface area contributed by atoms with Crippen LogP contribution >= 0.6 is 0 Å². The number of aryl methyl sites for hydroxylation is 2. The van der Waals surface area contributed by atoms with E-state index >= 15 is 0 Å². The van der Waals surface area contributed by atoms with E-state index in [-0.39, 0.29) is 25.0 Å². The van der Waals surface area contributed by atoms with Gasteiger partial charge in [-0.25, -0.2) is 0 Å². The highest BCUT2D eigenvalue weighted by Crippen LogP contribution is 2.42. The molecule has 0 bridgehead atoms. The van der Waals surface area contributed by atoms with Gasteiger partial charge in [0.25, 0.3) is 5.91 Å². The van der Waals surface area contributed by atoms with Gasteiger partial charge in [0.1, 0.15) is 5.76 Å². The van der Waals surface area contributed by atoms with E-state index in [1.165, 1.54) is 0 Å². The van der Waals surface area contributed by atoms with Crippen molar-refractivity contribution in [1.82, 2.24) is 10.5 Å². The van der Waals surface area contributed by atoms with Crippen LogP contribution < -0.4 is 5.32 Å². The molecular weight excluding hydrogens is 356 g/mol. The van der Waals surface area contributed by atoms with E-state index in [4.69, 9.17) is 9.26 Å². The largest absolute Gasteiger partial charge is 0.455 e. The lowest BCUT2D eigenvalue weighted by atomic mass is 10.1. The van der Waals surface area contributed by atoms with E-state index in [9.17, 15) is 9.59 Å². The van der Waals surface area contributed by atoms with Crippen molar-refractivity contribution < 1.29 is 18.8 Å². The summed E-state index contributed by atoms with van der Waals surface area (Å²) >= 11 is 0. The van der Waals surface area contributed by atoms with Crippen LogP contribution in [0.15, 0.2) is 53.1 Å². The number of nitrogens with one attached hydrogen (secondary N) is 1. The molecule has 28 heavy (non-hydrogen) atoms. The second kappa shape index (κ2) is 7.31. The molecule has 0 spiro atoms. The maximum absolute atomic E-state index is 12.4. The van der Waals surface area contributed by atoms with Crippen molar-refractivity contribution >= 4 is 11.9 Å². The third kappa shape index (κ3) is 3.29. The van der Waals surface area contributed by atoms with Crippen molar-refractivity contribution in [2.24, 2.45) is 0 Å². The van der Waals surface area contributed by atoms with Gasteiger partial charge in [-0.1, -0.05) is 53.7 Å². The fourth-order valence-electron chi connectivity index (χ4n) is 3.61. The van der Waals surface area contributed by atoms with Gasteiger partial charge in [0.2, 0.25) is 0 Å². The molecule has 0 atom stereocenters. The molecule has 4 rings (SSSR count). The first-order valence-electron chi connectivity index (χ1n) is 9.09. The molecule has 1 amide bonds. The smallest absolute Gasteiger partial charge is 0.310 e. The number of carbonyl (C=O) groups is 2. The summed E-state index contributed by atoms with van der Waals surface area (Å²) in [6, 6.07) is 15.7. The molecular formula is C22H20N2O4. The molecule has 2 aromatic carbocycles. The molecule has 6 heteroatoms. The number of aromatic nitrogens is 1. The van der Waals surface area contributed by atoms with Crippen molar-refractivity contribution in [3.8, 4) is 11.1 Å². The standard InChI is InChI=1S/C22H20N2O4/c1-13-19(14(2)28-24-13)11-21(26)27-12-20(25)23-22-17-9-5-3-7-15(17)16-8-4-6-10-18(16)22/h3-10,22H,11-12H2,1-2H3,(H,23,25). The van der Waals surface area contributed by atoms with Gasteiger partial charge < -0.3 is 14.6 Å². The molecule has 0 fully saturated rings. The Morgan fingerprint density at radius 3 is 2.21 bits per heavy atom. The van der Waals surface area contributed by atoms with Crippen molar-refractivity contribution in [1.29, 1.82) is 0 Å². The fraction of sp³-hybridized carbons (Fsp3) is 0.227. The summed E-state index contributed by atoms with van der Waals surface area (Å²) in [5.41, 5.74) is 5.65. The minimum absolute atomic E-state index is 0.0313. The van der Waals surface area contributed by atoms with E-state index in [1.54, 1.807) is 13.8 Å². The molecule has 1 N–H and O–H groups in total. The highest BCUT2D eigenvalue weighted by atomic mass is 16.5. The summed E-state index contributed by atoms with van der Waals surface area (Å²) in [7, 11) is 0. The molecule has 1 aliphatic rings. The van der Waals surface area contributed by atoms with E-state index in [1.807, 2.05) is 48.5 Å². The molecule has 1 aromatic heterocycles. The lowest BCUT2D eigenvalue weighted by Gasteiger charge is -2.16. The zero-order valence-corrected chi connectivity index (χ0v) is 15.7. The summed E-state index contributed by atoms with van der Waals surface area (Å²) < 4.78 is 10.2. The fourth-order valence-corrected chi connectivity index (χ4v) is 3.61. The highest BCUT2D eigenvalue weighted by molar-refractivity contribution is 5.85. The quantitative estimate of drug-likeness (QED) is 0.691. The summed E-state index contributed by atoms with van der Waals surface area (Å²) in [5.74, 6) is -0.251. The number of ether oxygens (including phenoxy) is 1. The number of esters is 1. The van der Waals surface area contributed by atoms with Crippen molar-refractivity contribution in [2.75, 3.05) is 6.61 Å². The van der Waals surface area contributed by atoms with Crippen LogP contribution in [-0.2, 0) is 20.7 Å². The summed E-state index contributed by atoms with van der Waals surface area (Å²) in [5, 5.41) is 6.79. The Morgan fingerprint density at radius 1 is 1.04 bits per heavy atom. The second-order valence-corrected chi connectivity index (χ2v) is 6.82. The maximum Gasteiger partial charge on any atom is 0.310 e. The predicted molar refractivity (Wildman–Crippen MR) is 103 cm³/mol. The van der Waals surface area contributed by atoms with Gasteiger partial charge in [-0.2, -0.15) is 0 Å². The molecule has 0 unspecified atom stereocenters. The van der Waals surface area contributed by atoms with Gasteiger partial charge in [-0.05, 0) is 36.1 Å². The molecule has 3 aromatic rings. The third-order valence-electron chi connectivity index (χ3n) is 5.01. The monoisotopic (exact) mass is 376 g/mol. The molecule has 1 heterocycles. The van der Waals surface area contributed by atoms with Gasteiger partial charge in [0, 0.05) is 5.56 Å². The van der Waals surface area contributed by atoms with Crippen LogP contribution in [-0.4, -0.2) is 23.6 Å². The minimum atomic E-state index is -0.489. The number of fused-ring (bicyclic) bond motifs is 3. The average Bonchev–Trinajstić information content (AvgIpc) is 3.19.